The van der Waals surface area contributed by atoms with E-state index in [0.29, 0.717) is 12.5 Å². The fraction of sp³-hybridized carbons (Fsp3) is 0.214. The minimum atomic E-state index is 0.500. The van der Waals surface area contributed by atoms with Crippen molar-refractivity contribution in [2.24, 2.45) is 10.7 Å². The molecule has 0 aromatic heterocycles. The third-order valence-electron chi connectivity index (χ3n) is 2.66. The Bertz CT molecular complexity index is 526. The molecule has 0 aliphatic heterocycles. The van der Waals surface area contributed by atoms with E-state index < -0.39 is 0 Å². The Hall–Kier alpha value is -2.03. The van der Waals surface area contributed by atoms with Crippen LogP contribution in [-0.2, 0) is 6.54 Å². The van der Waals surface area contributed by atoms with Gasteiger partial charge in [0.05, 0.1) is 6.54 Å². The zero-order valence-corrected chi connectivity index (χ0v) is 9.98. The molecule has 2 aromatic rings. The van der Waals surface area contributed by atoms with Gasteiger partial charge in [-0.05, 0) is 23.3 Å². The van der Waals surface area contributed by atoms with Crippen molar-refractivity contribution in [1.82, 2.24) is 5.32 Å². The highest BCUT2D eigenvalue weighted by molar-refractivity contribution is 5.86. The lowest BCUT2D eigenvalue weighted by Crippen LogP contribution is -2.31. The second kappa shape index (κ2) is 5.34. The summed E-state index contributed by atoms with van der Waals surface area (Å²) in [6.07, 6.45) is 0. The van der Waals surface area contributed by atoms with Crippen molar-refractivity contribution in [2.75, 3.05) is 6.54 Å². The van der Waals surface area contributed by atoms with Crippen molar-refractivity contribution >= 4 is 16.7 Å². The largest absolute Gasteiger partial charge is 0.370 e. The quantitative estimate of drug-likeness (QED) is 0.624. The van der Waals surface area contributed by atoms with E-state index >= 15 is 0 Å². The molecule has 0 saturated carbocycles. The van der Waals surface area contributed by atoms with Crippen LogP contribution < -0.4 is 11.1 Å². The number of hydrogen-bond donors (Lipinski definition) is 2. The normalized spacial score (nSPS) is 11.7. The number of hydrogen-bond acceptors (Lipinski definition) is 1. The van der Waals surface area contributed by atoms with E-state index in [-0.39, 0.29) is 0 Å². The average Bonchev–Trinajstić information content (AvgIpc) is 2.36. The van der Waals surface area contributed by atoms with Crippen LogP contribution in [0.3, 0.4) is 0 Å². The van der Waals surface area contributed by atoms with Gasteiger partial charge in [0.2, 0.25) is 0 Å². The number of aliphatic imine (C=N–C) groups is 1. The molecule has 0 unspecified atom stereocenters. The summed E-state index contributed by atoms with van der Waals surface area (Å²) in [4.78, 5) is 4.32. The molecular weight excluding hydrogens is 210 g/mol. The van der Waals surface area contributed by atoms with Gasteiger partial charge in [-0.3, -0.25) is 0 Å². The van der Waals surface area contributed by atoms with Crippen LogP contribution in [-0.4, -0.2) is 12.5 Å². The molecule has 0 aliphatic rings. The van der Waals surface area contributed by atoms with Gasteiger partial charge in [0.1, 0.15) is 0 Å². The first kappa shape index (κ1) is 11.5. The maximum atomic E-state index is 5.72. The summed E-state index contributed by atoms with van der Waals surface area (Å²) >= 11 is 0. The van der Waals surface area contributed by atoms with Crippen molar-refractivity contribution in [2.45, 2.75) is 13.5 Å². The first-order valence-corrected chi connectivity index (χ1v) is 5.81. The molecule has 88 valence electrons. The molecule has 0 radical (unpaired) electrons. The number of nitrogens with zero attached hydrogens (tertiary/aromatic N) is 1. The summed E-state index contributed by atoms with van der Waals surface area (Å²) in [6.45, 7) is 3.41. The average molecular weight is 227 g/mol. The van der Waals surface area contributed by atoms with Crippen LogP contribution in [0.2, 0.25) is 0 Å². The Labute approximate surface area is 101 Å². The Morgan fingerprint density at radius 1 is 1.18 bits per heavy atom. The van der Waals surface area contributed by atoms with Gasteiger partial charge in [-0.2, -0.15) is 0 Å². The monoisotopic (exact) mass is 227 g/mol. The summed E-state index contributed by atoms with van der Waals surface area (Å²) in [5.74, 6) is 0.500. The molecule has 0 heterocycles. The highest BCUT2D eigenvalue weighted by Gasteiger charge is 1.99. The van der Waals surface area contributed by atoms with E-state index in [1.54, 1.807) is 0 Å². The first-order chi connectivity index (χ1) is 8.31. The van der Waals surface area contributed by atoms with Crippen molar-refractivity contribution < 1.29 is 0 Å². The lowest BCUT2D eigenvalue weighted by Gasteiger charge is -2.05. The number of rotatable bonds is 3. The summed E-state index contributed by atoms with van der Waals surface area (Å²) in [6, 6.07) is 14.6. The minimum absolute atomic E-state index is 0.500. The second-order valence-corrected chi connectivity index (χ2v) is 3.87. The van der Waals surface area contributed by atoms with E-state index in [0.717, 1.165) is 6.54 Å². The predicted molar refractivity (Wildman–Crippen MR) is 73.0 cm³/mol. The van der Waals surface area contributed by atoms with E-state index in [4.69, 9.17) is 5.73 Å². The van der Waals surface area contributed by atoms with Crippen molar-refractivity contribution in [3.8, 4) is 0 Å². The third-order valence-corrected chi connectivity index (χ3v) is 2.66. The highest BCUT2D eigenvalue weighted by atomic mass is 15.1. The number of nitrogens with two attached hydrogens (primary N) is 1. The smallest absolute Gasteiger partial charge is 0.188 e. The van der Waals surface area contributed by atoms with Gasteiger partial charge in [-0.15, -0.1) is 0 Å². The summed E-state index contributed by atoms with van der Waals surface area (Å²) in [7, 11) is 0. The van der Waals surface area contributed by atoms with E-state index in [2.05, 4.69) is 40.6 Å². The lowest BCUT2D eigenvalue weighted by atomic mass is 10.1. The predicted octanol–water partition coefficient (Wildman–Crippen LogP) is 2.26. The SMILES string of the molecule is CCNC(N)=NCc1cccc2ccccc12. The molecule has 3 nitrogen and oxygen atoms in total. The molecule has 3 heteroatoms. The number of fused-ring (bicyclic) bond motifs is 1. The molecule has 0 fully saturated rings. The molecule has 2 aromatic carbocycles. The Morgan fingerprint density at radius 2 is 1.94 bits per heavy atom. The minimum Gasteiger partial charge on any atom is -0.370 e. The van der Waals surface area contributed by atoms with E-state index in [9.17, 15) is 0 Å². The van der Waals surface area contributed by atoms with Crippen LogP contribution in [0.25, 0.3) is 10.8 Å². The lowest BCUT2D eigenvalue weighted by molar-refractivity contribution is 0.927. The maximum Gasteiger partial charge on any atom is 0.188 e. The van der Waals surface area contributed by atoms with Crippen LogP contribution in [0.15, 0.2) is 47.5 Å². The van der Waals surface area contributed by atoms with Gasteiger partial charge in [-0.1, -0.05) is 42.5 Å². The number of guanidine groups is 1. The van der Waals surface area contributed by atoms with Gasteiger partial charge in [0.15, 0.2) is 5.96 Å². The topological polar surface area (TPSA) is 50.4 Å². The van der Waals surface area contributed by atoms with Crippen LogP contribution >= 0.6 is 0 Å². The van der Waals surface area contributed by atoms with Gasteiger partial charge in [0, 0.05) is 6.54 Å². The summed E-state index contributed by atoms with van der Waals surface area (Å²) < 4.78 is 0. The van der Waals surface area contributed by atoms with Crippen LogP contribution in [0, 0.1) is 0 Å². The number of nitrogens with one attached hydrogen (secondary N) is 1. The molecule has 3 N–H and O–H groups in total. The molecule has 2 rings (SSSR count). The molecule has 0 spiro atoms. The van der Waals surface area contributed by atoms with Gasteiger partial charge in [0.25, 0.3) is 0 Å². The summed E-state index contributed by atoms with van der Waals surface area (Å²) in [5, 5.41) is 5.47. The van der Waals surface area contributed by atoms with E-state index in [1.165, 1.54) is 16.3 Å². The molecule has 17 heavy (non-hydrogen) atoms. The maximum absolute atomic E-state index is 5.72. The Balaban J connectivity index is 2.27. The standard InChI is InChI=1S/C14H17N3/c1-2-16-14(15)17-10-12-8-5-7-11-6-3-4-9-13(11)12/h3-9H,2,10H2,1H3,(H3,15,16,17). The zero-order valence-electron chi connectivity index (χ0n) is 9.98. The zero-order chi connectivity index (χ0) is 12.1. The fourth-order valence-electron chi connectivity index (χ4n) is 1.84. The van der Waals surface area contributed by atoms with Crippen molar-refractivity contribution in [1.29, 1.82) is 0 Å². The van der Waals surface area contributed by atoms with E-state index in [1.807, 2.05) is 19.1 Å². The third kappa shape index (κ3) is 2.75. The van der Waals surface area contributed by atoms with Crippen LogP contribution in [0.1, 0.15) is 12.5 Å². The van der Waals surface area contributed by atoms with Crippen molar-refractivity contribution in [3.63, 3.8) is 0 Å². The highest BCUT2D eigenvalue weighted by Crippen LogP contribution is 2.18. The molecule has 0 saturated heterocycles. The fourth-order valence-corrected chi connectivity index (χ4v) is 1.84. The van der Waals surface area contributed by atoms with Gasteiger partial charge >= 0.3 is 0 Å². The molecule has 0 atom stereocenters. The van der Waals surface area contributed by atoms with Crippen LogP contribution in [0.5, 0.6) is 0 Å². The molecule has 0 bridgehead atoms. The Kier molecular flexibility index (Phi) is 3.60. The van der Waals surface area contributed by atoms with Gasteiger partial charge < -0.3 is 11.1 Å². The molecule has 0 amide bonds. The Morgan fingerprint density at radius 3 is 2.76 bits per heavy atom. The summed E-state index contributed by atoms with van der Waals surface area (Å²) in [5.41, 5.74) is 6.91. The second-order valence-electron chi connectivity index (χ2n) is 3.87. The van der Waals surface area contributed by atoms with Crippen molar-refractivity contribution in [3.05, 3.63) is 48.0 Å². The first-order valence-electron chi connectivity index (χ1n) is 5.81. The van der Waals surface area contributed by atoms with Crippen LogP contribution in [0.4, 0.5) is 0 Å². The molecular formula is C14H17N3. The van der Waals surface area contributed by atoms with Gasteiger partial charge in [-0.25, -0.2) is 4.99 Å². The number of benzene rings is 2. The molecule has 0 aliphatic carbocycles.